The van der Waals surface area contributed by atoms with E-state index in [9.17, 15) is 9.90 Å². The lowest BCUT2D eigenvalue weighted by atomic mass is 9.46. The third kappa shape index (κ3) is 1.14. The van der Waals surface area contributed by atoms with Crippen molar-refractivity contribution in [2.75, 3.05) is 6.61 Å². The minimum atomic E-state index is -0.654. The minimum Gasteiger partial charge on any atom is -0.458 e. The molecule has 2 saturated carbocycles. The van der Waals surface area contributed by atoms with Gasteiger partial charge in [-0.3, -0.25) is 0 Å². The summed E-state index contributed by atoms with van der Waals surface area (Å²) in [6, 6.07) is 0. The van der Waals surface area contributed by atoms with Gasteiger partial charge in [0.05, 0.1) is 6.10 Å². The summed E-state index contributed by atoms with van der Waals surface area (Å²) < 4.78 is 24.3. The second-order valence-corrected chi connectivity index (χ2v) is 9.91. The van der Waals surface area contributed by atoms with Crippen molar-refractivity contribution in [1.82, 2.24) is 0 Å². The van der Waals surface area contributed by atoms with Gasteiger partial charge in [-0.05, 0) is 36.7 Å². The lowest BCUT2D eigenvalue weighted by molar-refractivity contribution is -0.136. The van der Waals surface area contributed by atoms with Crippen molar-refractivity contribution in [3.05, 3.63) is 11.1 Å². The quantitative estimate of drug-likeness (QED) is 0.557. The maximum atomic E-state index is 12.1. The minimum absolute atomic E-state index is 0.00808. The van der Waals surface area contributed by atoms with Gasteiger partial charge in [0.25, 0.3) is 0 Å². The molecule has 6 nitrogen and oxygen atoms in total. The molecule has 26 heavy (non-hydrogen) atoms. The first kappa shape index (κ1) is 15.0. The van der Waals surface area contributed by atoms with E-state index in [0.717, 1.165) is 30.4 Å². The summed E-state index contributed by atoms with van der Waals surface area (Å²) in [5, 5.41) is 11.4. The Labute approximate surface area is 151 Å². The van der Waals surface area contributed by atoms with Gasteiger partial charge in [0.2, 0.25) is 0 Å². The first-order chi connectivity index (χ1) is 12.3. The normalized spacial score (nSPS) is 63.1. The van der Waals surface area contributed by atoms with Crippen LogP contribution >= 0.6 is 0 Å². The number of fused-ring (bicyclic) bond motifs is 4. The highest BCUT2D eigenvalue weighted by Crippen LogP contribution is 2.82. The summed E-state index contributed by atoms with van der Waals surface area (Å²) in [6.07, 6.45) is 1.71. The van der Waals surface area contributed by atoms with Gasteiger partial charge in [-0.2, -0.15) is 0 Å². The third-order valence-corrected chi connectivity index (χ3v) is 9.10. The number of carbonyl (C=O) groups excluding carboxylic acids is 1. The van der Waals surface area contributed by atoms with Crippen LogP contribution in [0.2, 0.25) is 0 Å². The number of epoxide rings is 3. The van der Waals surface area contributed by atoms with Crippen molar-refractivity contribution < 1.29 is 28.8 Å². The summed E-state index contributed by atoms with van der Waals surface area (Å²) in [5.74, 6) is 0.297. The van der Waals surface area contributed by atoms with Crippen LogP contribution in [-0.2, 0) is 23.7 Å². The molecule has 9 atom stereocenters. The number of hydrogen-bond donors (Lipinski definition) is 1. The summed E-state index contributed by atoms with van der Waals surface area (Å²) in [4.78, 5) is 12.1. The first-order valence-electron chi connectivity index (χ1n) is 9.95. The Balaban J connectivity index is 1.39. The molecule has 0 aromatic rings. The molecule has 7 aliphatic rings. The van der Waals surface area contributed by atoms with Crippen LogP contribution in [0, 0.1) is 17.3 Å². The Morgan fingerprint density at radius 2 is 2.00 bits per heavy atom. The van der Waals surface area contributed by atoms with Gasteiger partial charge < -0.3 is 24.1 Å². The maximum absolute atomic E-state index is 12.1. The van der Waals surface area contributed by atoms with Gasteiger partial charge >= 0.3 is 5.97 Å². The second-order valence-electron chi connectivity index (χ2n) is 9.91. The fraction of sp³-hybridized carbons (Fsp3) is 0.850. The fourth-order valence-corrected chi connectivity index (χ4v) is 7.70. The number of cyclic esters (lactones) is 1. The molecule has 5 fully saturated rings. The Kier molecular flexibility index (Phi) is 2.19. The zero-order chi connectivity index (χ0) is 17.9. The smallest absolute Gasteiger partial charge is 0.334 e. The number of carbonyl (C=O) groups is 1. The van der Waals surface area contributed by atoms with Gasteiger partial charge in [-0.1, -0.05) is 20.8 Å². The lowest BCUT2D eigenvalue weighted by Crippen LogP contribution is -2.69. The van der Waals surface area contributed by atoms with E-state index >= 15 is 0 Å². The van der Waals surface area contributed by atoms with Crippen LogP contribution in [0.1, 0.15) is 40.0 Å². The van der Waals surface area contributed by atoms with Crippen LogP contribution in [0.25, 0.3) is 0 Å². The SMILES string of the molecule is CC(C)[C@]12O[C@H]1[C@@H]1O[C@@]13[C@]1(O[C@H]1C[C@H]1C4=C(CC[C@@]13C)C(=O)OC4)[C@H]2O. The van der Waals surface area contributed by atoms with E-state index in [0.29, 0.717) is 6.61 Å². The summed E-state index contributed by atoms with van der Waals surface area (Å²) in [5.41, 5.74) is 0.230. The van der Waals surface area contributed by atoms with E-state index in [1.54, 1.807) is 0 Å². The number of ether oxygens (including phenoxy) is 4. The molecular weight excluding hydrogens is 336 g/mol. The largest absolute Gasteiger partial charge is 0.458 e. The molecule has 7 rings (SSSR count). The highest BCUT2D eigenvalue weighted by Gasteiger charge is 3.00. The molecule has 0 unspecified atom stereocenters. The molecule has 6 heteroatoms. The molecule has 4 heterocycles. The third-order valence-electron chi connectivity index (χ3n) is 9.10. The van der Waals surface area contributed by atoms with E-state index in [1.807, 2.05) is 0 Å². The lowest BCUT2D eigenvalue weighted by Gasteiger charge is -2.53. The number of esters is 1. The van der Waals surface area contributed by atoms with Crippen LogP contribution < -0.4 is 0 Å². The molecule has 0 bridgehead atoms. The molecule has 1 N–H and O–H groups in total. The molecule has 0 aromatic heterocycles. The molecule has 3 aliphatic carbocycles. The van der Waals surface area contributed by atoms with Gasteiger partial charge in [-0.15, -0.1) is 0 Å². The molecule has 4 aliphatic heterocycles. The van der Waals surface area contributed by atoms with Crippen LogP contribution in [0.5, 0.6) is 0 Å². The van der Waals surface area contributed by atoms with Crippen molar-refractivity contribution in [3.63, 3.8) is 0 Å². The van der Waals surface area contributed by atoms with Gasteiger partial charge in [-0.25, -0.2) is 4.79 Å². The zero-order valence-electron chi connectivity index (χ0n) is 15.3. The van der Waals surface area contributed by atoms with Gasteiger partial charge in [0.15, 0.2) is 5.60 Å². The molecule has 0 radical (unpaired) electrons. The van der Waals surface area contributed by atoms with E-state index < -0.39 is 22.9 Å². The highest BCUT2D eigenvalue weighted by molar-refractivity contribution is 5.92. The van der Waals surface area contributed by atoms with Gasteiger partial charge in [0, 0.05) is 11.0 Å². The molecule has 2 spiro atoms. The van der Waals surface area contributed by atoms with E-state index in [-0.39, 0.29) is 41.5 Å². The molecule has 140 valence electrons. The first-order valence-corrected chi connectivity index (χ1v) is 9.95. The van der Waals surface area contributed by atoms with E-state index in [4.69, 9.17) is 18.9 Å². The Bertz CT molecular complexity index is 819. The van der Waals surface area contributed by atoms with Crippen LogP contribution in [0.15, 0.2) is 11.1 Å². The number of rotatable bonds is 1. The van der Waals surface area contributed by atoms with E-state index in [1.165, 1.54) is 0 Å². The Hall–Kier alpha value is -0.950. The van der Waals surface area contributed by atoms with Crippen molar-refractivity contribution >= 4 is 5.97 Å². The molecule has 0 aromatic carbocycles. The molecule has 0 amide bonds. The Morgan fingerprint density at radius 1 is 1.19 bits per heavy atom. The second kappa shape index (κ2) is 3.79. The van der Waals surface area contributed by atoms with Crippen molar-refractivity contribution in [1.29, 1.82) is 0 Å². The number of aliphatic hydroxyl groups excluding tert-OH is 1. The predicted molar refractivity (Wildman–Crippen MR) is 87.1 cm³/mol. The van der Waals surface area contributed by atoms with Crippen LogP contribution in [0.3, 0.4) is 0 Å². The zero-order valence-corrected chi connectivity index (χ0v) is 15.3. The van der Waals surface area contributed by atoms with Crippen molar-refractivity contribution in [2.24, 2.45) is 17.3 Å². The number of hydrogen-bond acceptors (Lipinski definition) is 6. The average Bonchev–Trinajstić information content (AvgIpc) is 3.47. The monoisotopic (exact) mass is 360 g/mol. The van der Waals surface area contributed by atoms with Crippen LogP contribution in [-0.4, -0.2) is 58.9 Å². The fourth-order valence-electron chi connectivity index (χ4n) is 7.70. The Morgan fingerprint density at radius 3 is 2.77 bits per heavy atom. The highest BCUT2D eigenvalue weighted by atomic mass is 16.7. The van der Waals surface area contributed by atoms with Gasteiger partial charge in [0.1, 0.15) is 36.1 Å². The standard InChI is InChI=1S/C20H24O6/c1-8(2)18-13(25-18)14-20(26-14)17(3)5-4-9-10(7-23-15(9)21)11(17)6-12-19(20,24-12)16(18)22/h8,11-14,16,22H,4-7H2,1-3H3/t11-,12-,13-,14-,16-,17-,18-,19+,20-/m0/s1. The van der Waals surface area contributed by atoms with Crippen LogP contribution in [0.4, 0.5) is 0 Å². The summed E-state index contributed by atoms with van der Waals surface area (Å²) in [6.45, 7) is 6.91. The topological polar surface area (TPSA) is 84.1 Å². The number of aliphatic hydroxyl groups is 1. The molecular formula is C20H24O6. The average molecular weight is 360 g/mol. The van der Waals surface area contributed by atoms with Crippen molar-refractivity contribution in [2.45, 2.75) is 81.3 Å². The summed E-state index contributed by atoms with van der Waals surface area (Å²) in [7, 11) is 0. The van der Waals surface area contributed by atoms with E-state index in [2.05, 4.69) is 20.8 Å². The predicted octanol–water partition coefficient (Wildman–Crippen LogP) is 1.10. The molecule has 3 saturated heterocycles. The van der Waals surface area contributed by atoms with Crippen molar-refractivity contribution in [3.8, 4) is 0 Å². The maximum Gasteiger partial charge on any atom is 0.334 e. The summed E-state index contributed by atoms with van der Waals surface area (Å²) >= 11 is 0.